The van der Waals surface area contributed by atoms with Crippen molar-refractivity contribution in [3.05, 3.63) is 36.5 Å². The second-order valence-corrected chi connectivity index (χ2v) is 9.22. The van der Waals surface area contributed by atoms with Gasteiger partial charge in [-0.15, -0.1) is 0 Å². The lowest BCUT2D eigenvalue weighted by Crippen LogP contribution is -2.55. The van der Waals surface area contributed by atoms with E-state index >= 15 is 0 Å². The number of hydrogen-bond donors (Lipinski definition) is 2. The Morgan fingerprint density at radius 3 is 2.54 bits per heavy atom. The highest BCUT2D eigenvalue weighted by Crippen LogP contribution is 2.32. The van der Waals surface area contributed by atoms with Crippen molar-refractivity contribution in [3.63, 3.8) is 0 Å². The number of anilines is 1. The third kappa shape index (κ3) is 3.22. The van der Waals surface area contributed by atoms with Gasteiger partial charge in [-0.25, -0.2) is 13.4 Å². The lowest BCUT2D eigenvalue weighted by atomic mass is 9.96. The van der Waals surface area contributed by atoms with Crippen molar-refractivity contribution in [2.75, 3.05) is 24.7 Å². The molecule has 8 heteroatoms. The van der Waals surface area contributed by atoms with Crippen LogP contribution in [-0.4, -0.2) is 43.4 Å². The molecule has 1 saturated heterocycles. The number of rotatable bonds is 4. The number of piperidine rings is 1. The second kappa shape index (κ2) is 6.62. The quantitative estimate of drug-likeness (QED) is 0.864. The van der Waals surface area contributed by atoms with Gasteiger partial charge in [0.1, 0.15) is 0 Å². The van der Waals surface area contributed by atoms with E-state index in [-0.39, 0.29) is 12.8 Å². The SMILES string of the molecule is CS(=O)(=O)C1(C(=O)Nc2ncc(-c3ccccc3)s2)CCNCC1. The number of hydrogen-bond acceptors (Lipinski definition) is 6. The van der Waals surface area contributed by atoms with Crippen molar-refractivity contribution < 1.29 is 13.2 Å². The van der Waals surface area contributed by atoms with Gasteiger partial charge in [-0.1, -0.05) is 41.7 Å². The molecule has 2 N–H and O–H groups in total. The summed E-state index contributed by atoms with van der Waals surface area (Å²) in [6.45, 7) is 1.02. The van der Waals surface area contributed by atoms with E-state index < -0.39 is 20.5 Å². The Morgan fingerprint density at radius 1 is 1.25 bits per heavy atom. The molecule has 0 radical (unpaired) electrons. The zero-order valence-electron chi connectivity index (χ0n) is 13.3. The summed E-state index contributed by atoms with van der Waals surface area (Å²) in [7, 11) is -3.53. The first kappa shape index (κ1) is 17.1. The molecule has 0 aliphatic carbocycles. The Balaban J connectivity index is 1.83. The Kier molecular flexibility index (Phi) is 4.71. The summed E-state index contributed by atoms with van der Waals surface area (Å²) in [5.74, 6) is -0.486. The summed E-state index contributed by atoms with van der Waals surface area (Å²) in [6, 6.07) is 9.72. The summed E-state index contributed by atoms with van der Waals surface area (Å²) in [6.07, 6.45) is 3.36. The van der Waals surface area contributed by atoms with E-state index in [1.54, 1.807) is 6.20 Å². The van der Waals surface area contributed by atoms with Crippen LogP contribution in [0.4, 0.5) is 5.13 Å². The van der Waals surface area contributed by atoms with Crippen LogP contribution in [0.5, 0.6) is 0 Å². The summed E-state index contributed by atoms with van der Waals surface area (Å²) in [5.41, 5.74) is 1.01. The van der Waals surface area contributed by atoms with Crippen LogP contribution in [0.3, 0.4) is 0 Å². The van der Waals surface area contributed by atoms with Gasteiger partial charge >= 0.3 is 0 Å². The molecule has 2 heterocycles. The summed E-state index contributed by atoms with van der Waals surface area (Å²) >= 11 is 1.33. The molecule has 0 unspecified atom stereocenters. The standard InChI is InChI=1S/C16H19N3O3S2/c1-24(21,22)16(7-9-17-10-8-16)14(20)19-15-18-11-13(23-15)12-5-3-2-4-6-12/h2-6,11,17H,7-10H2,1H3,(H,18,19,20). The molecule has 128 valence electrons. The maximum absolute atomic E-state index is 12.7. The average Bonchev–Trinajstić information content (AvgIpc) is 3.04. The van der Waals surface area contributed by atoms with E-state index in [4.69, 9.17) is 0 Å². The molecule has 6 nitrogen and oxygen atoms in total. The fourth-order valence-corrected chi connectivity index (χ4v) is 5.03. The van der Waals surface area contributed by atoms with Crippen molar-refractivity contribution in [1.29, 1.82) is 0 Å². The van der Waals surface area contributed by atoms with E-state index in [9.17, 15) is 13.2 Å². The minimum Gasteiger partial charge on any atom is -0.317 e. The van der Waals surface area contributed by atoms with E-state index in [1.807, 2.05) is 30.3 Å². The predicted molar refractivity (Wildman–Crippen MR) is 95.9 cm³/mol. The lowest BCUT2D eigenvalue weighted by molar-refractivity contribution is -0.119. The first-order valence-corrected chi connectivity index (χ1v) is 10.4. The third-order valence-corrected chi connectivity index (χ3v) is 7.29. The number of carbonyl (C=O) groups is 1. The van der Waals surface area contributed by atoms with Crippen LogP contribution in [0, 0.1) is 0 Å². The molecule has 0 bridgehead atoms. The number of thiazole rings is 1. The molecule has 1 aromatic heterocycles. The number of nitrogens with one attached hydrogen (secondary N) is 2. The maximum Gasteiger partial charge on any atom is 0.247 e. The number of nitrogens with zero attached hydrogens (tertiary/aromatic N) is 1. The second-order valence-electron chi connectivity index (χ2n) is 5.87. The zero-order chi connectivity index (χ0) is 17.2. The number of amides is 1. The average molecular weight is 365 g/mol. The van der Waals surface area contributed by atoms with Crippen molar-refractivity contribution in [2.24, 2.45) is 0 Å². The van der Waals surface area contributed by atoms with Crippen LogP contribution < -0.4 is 10.6 Å². The normalized spacial score (nSPS) is 17.4. The topological polar surface area (TPSA) is 88.2 Å². The van der Waals surface area contributed by atoms with Gasteiger partial charge < -0.3 is 10.6 Å². The number of benzene rings is 1. The smallest absolute Gasteiger partial charge is 0.247 e. The molecular formula is C16H19N3O3S2. The van der Waals surface area contributed by atoms with Crippen LogP contribution in [0.15, 0.2) is 36.5 Å². The molecule has 2 aromatic rings. The Morgan fingerprint density at radius 2 is 1.92 bits per heavy atom. The zero-order valence-corrected chi connectivity index (χ0v) is 14.9. The van der Waals surface area contributed by atoms with E-state index in [0.29, 0.717) is 18.2 Å². The monoisotopic (exact) mass is 365 g/mol. The summed E-state index contributed by atoms with van der Waals surface area (Å²) in [5, 5.41) is 6.23. The van der Waals surface area contributed by atoms with Crippen LogP contribution >= 0.6 is 11.3 Å². The molecule has 1 aromatic carbocycles. The molecule has 1 aliphatic rings. The van der Waals surface area contributed by atoms with E-state index in [2.05, 4.69) is 15.6 Å². The van der Waals surface area contributed by atoms with Crippen molar-refractivity contribution in [1.82, 2.24) is 10.3 Å². The fraction of sp³-hybridized carbons (Fsp3) is 0.375. The highest BCUT2D eigenvalue weighted by Gasteiger charge is 2.48. The minimum absolute atomic E-state index is 0.272. The van der Waals surface area contributed by atoms with Gasteiger partial charge in [0, 0.05) is 12.5 Å². The first-order chi connectivity index (χ1) is 11.4. The number of carbonyl (C=O) groups excluding carboxylic acids is 1. The molecule has 24 heavy (non-hydrogen) atoms. The first-order valence-electron chi connectivity index (χ1n) is 7.65. The van der Waals surface area contributed by atoms with Crippen LogP contribution in [0.2, 0.25) is 0 Å². The Labute approximate surface area is 145 Å². The Bertz CT molecular complexity index is 825. The van der Waals surface area contributed by atoms with Crippen molar-refractivity contribution in [3.8, 4) is 10.4 Å². The molecule has 1 aliphatic heterocycles. The van der Waals surface area contributed by atoms with E-state index in [1.165, 1.54) is 11.3 Å². The van der Waals surface area contributed by atoms with Gasteiger partial charge in [-0.05, 0) is 31.5 Å². The fourth-order valence-electron chi connectivity index (χ4n) is 2.88. The maximum atomic E-state index is 12.7. The van der Waals surface area contributed by atoms with Gasteiger partial charge in [0.15, 0.2) is 19.7 Å². The molecule has 3 rings (SSSR count). The molecule has 0 atom stereocenters. The van der Waals surface area contributed by atoms with Gasteiger partial charge in [0.2, 0.25) is 5.91 Å². The molecule has 0 spiro atoms. The molecular weight excluding hydrogens is 346 g/mol. The van der Waals surface area contributed by atoms with Crippen LogP contribution in [0.25, 0.3) is 10.4 Å². The Hall–Kier alpha value is -1.77. The van der Waals surface area contributed by atoms with Gasteiger partial charge in [0.25, 0.3) is 0 Å². The molecule has 0 saturated carbocycles. The van der Waals surface area contributed by atoms with Crippen molar-refractivity contribution in [2.45, 2.75) is 17.6 Å². The molecule has 1 fully saturated rings. The van der Waals surface area contributed by atoms with E-state index in [0.717, 1.165) is 16.7 Å². The van der Waals surface area contributed by atoms with Crippen molar-refractivity contribution >= 4 is 32.2 Å². The molecule has 1 amide bonds. The van der Waals surface area contributed by atoms with Gasteiger partial charge in [-0.2, -0.15) is 0 Å². The van der Waals surface area contributed by atoms with Crippen LogP contribution in [-0.2, 0) is 14.6 Å². The van der Waals surface area contributed by atoms with Gasteiger partial charge in [0.05, 0.1) is 4.88 Å². The van der Waals surface area contributed by atoms with Crippen LogP contribution in [0.1, 0.15) is 12.8 Å². The third-order valence-electron chi connectivity index (χ3n) is 4.32. The van der Waals surface area contributed by atoms with Gasteiger partial charge in [-0.3, -0.25) is 4.79 Å². The number of sulfone groups is 1. The summed E-state index contributed by atoms with van der Waals surface area (Å²) in [4.78, 5) is 17.9. The number of aromatic nitrogens is 1. The predicted octanol–water partition coefficient (Wildman–Crippen LogP) is 1.92. The highest BCUT2D eigenvalue weighted by molar-refractivity contribution is 7.92. The summed E-state index contributed by atoms with van der Waals surface area (Å²) < 4.78 is 23.1. The largest absolute Gasteiger partial charge is 0.317 e. The lowest BCUT2D eigenvalue weighted by Gasteiger charge is -2.33. The highest BCUT2D eigenvalue weighted by atomic mass is 32.2. The minimum atomic E-state index is -3.53.